The molecule has 0 atom stereocenters. The van der Waals surface area contributed by atoms with E-state index in [0.717, 1.165) is 28.3 Å². The van der Waals surface area contributed by atoms with Crippen LogP contribution in [0.5, 0.6) is 0 Å². The quantitative estimate of drug-likeness (QED) is 0.672. The van der Waals surface area contributed by atoms with Gasteiger partial charge in [0.15, 0.2) is 5.16 Å². The van der Waals surface area contributed by atoms with Crippen LogP contribution in [-0.2, 0) is 17.3 Å². The molecule has 1 aromatic heterocycles. The van der Waals surface area contributed by atoms with E-state index in [2.05, 4.69) is 9.97 Å². The van der Waals surface area contributed by atoms with Gasteiger partial charge in [-0.3, -0.25) is 4.79 Å². The van der Waals surface area contributed by atoms with Gasteiger partial charge in [-0.25, -0.2) is 4.98 Å². The number of hydrogen-bond acceptors (Lipinski definition) is 4. The van der Waals surface area contributed by atoms with Crippen LogP contribution in [0.4, 0.5) is 0 Å². The van der Waals surface area contributed by atoms with Crippen LogP contribution in [-0.4, -0.2) is 9.97 Å². The summed E-state index contributed by atoms with van der Waals surface area (Å²) < 4.78 is 0. The maximum Gasteiger partial charge on any atom is 0.255 e. The molecule has 3 rings (SSSR count). The molecule has 0 spiro atoms. The summed E-state index contributed by atoms with van der Waals surface area (Å²) in [6, 6.07) is 5.41. The second-order valence-electron chi connectivity index (χ2n) is 4.31. The molecular weight excluding hydrogens is 335 g/mol. The molecule has 0 amide bonds. The maximum atomic E-state index is 11.9. The third kappa shape index (κ3) is 3.01. The fraction of sp³-hybridized carbons (Fsp3) is 0.231. The molecule has 0 fully saturated rings. The van der Waals surface area contributed by atoms with E-state index < -0.39 is 0 Å². The van der Waals surface area contributed by atoms with Crippen LogP contribution in [0.25, 0.3) is 0 Å². The van der Waals surface area contributed by atoms with Gasteiger partial charge in [-0.2, -0.15) is 11.8 Å². The lowest BCUT2D eigenvalue weighted by atomic mass is 10.2. The van der Waals surface area contributed by atoms with E-state index in [1.165, 1.54) is 11.8 Å². The predicted molar refractivity (Wildman–Crippen MR) is 85.9 cm³/mol. The van der Waals surface area contributed by atoms with Crippen molar-refractivity contribution in [2.24, 2.45) is 0 Å². The first-order chi connectivity index (χ1) is 9.63. The van der Waals surface area contributed by atoms with E-state index in [0.29, 0.717) is 21.0 Å². The lowest BCUT2D eigenvalue weighted by Gasteiger charge is -2.05. The maximum absolute atomic E-state index is 11.9. The van der Waals surface area contributed by atoms with E-state index in [1.54, 1.807) is 23.9 Å². The fourth-order valence-electron chi connectivity index (χ4n) is 1.89. The summed E-state index contributed by atoms with van der Waals surface area (Å²) in [5.74, 6) is 2.21. The summed E-state index contributed by atoms with van der Waals surface area (Å²) in [6.07, 6.45) is 0. The normalized spacial score (nSPS) is 13.5. The number of halogens is 2. The highest BCUT2D eigenvalue weighted by atomic mass is 35.5. The molecule has 1 N–H and O–H groups in total. The summed E-state index contributed by atoms with van der Waals surface area (Å²) in [5.41, 5.74) is 2.66. The van der Waals surface area contributed by atoms with Crippen molar-refractivity contribution in [3.8, 4) is 0 Å². The Labute approximate surface area is 134 Å². The van der Waals surface area contributed by atoms with Crippen molar-refractivity contribution < 1.29 is 0 Å². The Kier molecular flexibility index (Phi) is 4.31. The molecule has 0 aliphatic carbocycles. The van der Waals surface area contributed by atoms with E-state index in [9.17, 15) is 4.79 Å². The van der Waals surface area contributed by atoms with E-state index in [4.69, 9.17) is 23.2 Å². The van der Waals surface area contributed by atoms with Crippen LogP contribution in [0.1, 0.15) is 16.8 Å². The summed E-state index contributed by atoms with van der Waals surface area (Å²) in [5, 5.41) is 1.89. The van der Waals surface area contributed by atoms with Crippen molar-refractivity contribution in [3.05, 3.63) is 55.4 Å². The van der Waals surface area contributed by atoms with E-state index >= 15 is 0 Å². The topological polar surface area (TPSA) is 45.8 Å². The Hall–Kier alpha value is -0.620. The van der Waals surface area contributed by atoms with E-state index in [-0.39, 0.29) is 5.56 Å². The second kappa shape index (κ2) is 6.02. The van der Waals surface area contributed by atoms with Gasteiger partial charge >= 0.3 is 0 Å². The highest BCUT2D eigenvalue weighted by Crippen LogP contribution is 2.29. The number of aromatic nitrogens is 2. The molecule has 0 saturated carbocycles. The molecule has 0 radical (unpaired) electrons. The zero-order chi connectivity index (χ0) is 14.1. The van der Waals surface area contributed by atoms with Crippen molar-refractivity contribution in [2.75, 3.05) is 0 Å². The Morgan fingerprint density at radius 2 is 2.20 bits per heavy atom. The monoisotopic (exact) mass is 344 g/mol. The number of rotatable bonds is 3. The molecular formula is C13H10Cl2N2OS2. The number of benzene rings is 1. The minimum Gasteiger partial charge on any atom is -0.301 e. The number of hydrogen-bond donors (Lipinski definition) is 1. The number of nitrogens with zero attached hydrogens (tertiary/aromatic N) is 1. The van der Waals surface area contributed by atoms with Crippen molar-refractivity contribution in [2.45, 2.75) is 22.4 Å². The lowest BCUT2D eigenvalue weighted by molar-refractivity contribution is 0.884. The van der Waals surface area contributed by atoms with E-state index in [1.807, 2.05) is 6.07 Å². The smallest absolute Gasteiger partial charge is 0.255 e. The molecule has 0 saturated heterocycles. The molecule has 1 aliphatic heterocycles. The SMILES string of the molecule is O=c1[nH]c(SCc2ccc(Cl)cc2Cl)nc2c1CSC2. The molecule has 1 aromatic carbocycles. The van der Waals surface area contributed by atoms with Crippen molar-refractivity contribution in [1.29, 1.82) is 0 Å². The number of fused-ring (bicyclic) bond motifs is 1. The van der Waals surface area contributed by atoms with Gasteiger partial charge in [-0.15, -0.1) is 0 Å². The molecule has 2 heterocycles. The lowest BCUT2D eigenvalue weighted by Crippen LogP contribution is -2.14. The molecule has 2 aromatic rings. The van der Waals surface area contributed by atoms with Gasteiger partial charge < -0.3 is 4.98 Å². The van der Waals surface area contributed by atoms with Crippen LogP contribution >= 0.6 is 46.7 Å². The van der Waals surface area contributed by atoms with Gasteiger partial charge in [-0.05, 0) is 17.7 Å². The molecule has 3 nitrogen and oxygen atoms in total. The minimum atomic E-state index is -0.0234. The zero-order valence-electron chi connectivity index (χ0n) is 10.3. The average Bonchev–Trinajstić information content (AvgIpc) is 2.86. The van der Waals surface area contributed by atoms with Crippen molar-refractivity contribution in [1.82, 2.24) is 9.97 Å². The van der Waals surface area contributed by atoms with Crippen LogP contribution in [0.2, 0.25) is 10.0 Å². The number of nitrogens with one attached hydrogen (secondary N) is 1. The van der Waals surface area contributed by atoms with Crippen LogP contribution < -0.4 is 5.56 Å². The van der Waals surface area contributed by atoms with Gasteiger partial charge in [0.25, 0.3) is 5.56 Å². The molecule has 1 aliphatic rings. The Bertz CT molecular complexity index is 718. The van der Waals surface area contributed by atoms with Crippen molar-refractivity contribution >= 4 is 46.7 Å². The Morgan fingerprint density at radius 1 is 1.35 bits per heavy atom. The molecule has 0 unspecified atom stereocenters. The third-order valence-corrected chi connectivity index (χ3v) is 5.42. The van der Waals surface area contributed by atoms with Crippen LogP contribution in [0.3, 0.4) is 0 Å². The Balaban J connectivity index is 1.79. The molecule has 20 heavy (non-hydrogen) atoms. The molecule has 104 valence electrons. The average molecular weight is 345 g/mol. The van der Waals surface area contributed by atoms with Crippen molar-refractivity contribution in [3.63, 3.8) is 0 Å². The van der Waals surface area contributed by atoms with Gasteiger partial charge in [0.2, 0.25) is 0 Å². The van der Waals surface area contributed by atoms with Gasteiger partial charge in [0.05, 0.1) is 5.69 Å². The summed E-state index contributed by atoms with van der Waals surface area (Å²) in [4.78, 5) is 19.2. The highest BCUT2D eigenvalue weighted by molar-refractivity contribution is 7.98. The first kappa shape index (κ1) is 14.3. The first-order valence-corrected chi connectivity index (χ1v) is 8.79. The van der Waals surface area contributed by atoms with Gasteiger partial charge in [0, 0.05) is 32.9 Å². The third-order valence-electron chi connectivity index (χ3n) is 2.94. The number of H-pyrrole nitrogens is 1. The number of aromatic amines is 1. The van der Waals surface area contributed by atoms with Crippen LogP contribution in [0, 0.1) is 0 Å². The molecule has 0 bridgehead atoms. The number of thioether (sulfide) groups is 2. The Morgan fingerprint density at radius 3 is 3.00 bits per heavy atom. The molecule has 7 heteroatoms. The second-order valence-corrected chi connectivity index (χ2v) is 7.11. The largest absolute Gasteiger partial charge is 0.301 e. The first-order valence-electron chi connectivity index (χ1n) is 5.90. The standard InChI is InChI=1S/C13H10Cl2N2OS2/c14-8-2-1-7(10(15)3-8)4-20-13-16-11-6-19-5-9(11)12(18)17-13/h1-3H,4-6H2,(H,16,17,18). The zero-order valence-corrected chi connectivity index (χ0v) is 13.4. The summed E-state index contributed by atoms with van der Waals surface area (Å²) in [7, 11) is 0. The summed E-state index contributed by atoms with van der Waals surface area (Å²) >= 11 is 15.2. The minimum absolute atomic E-state index is 0.0234. The summed E-state index contributed by atoms with van der Waals surface area (Å²) in [6.45, 7) is 0. The fourth-order valence-corrected chi connectivity index (χ4v) is 4.37. The predicted octanol–water partition coefficient (Wildman–Crippen LogP) is 4.12. The van der Waals surface area contributed by atoms with Gasteiger partial charge in [-0.1, -0.05) is 41.0 Å². The van der Waals surface area contributed by atoms with Gasteiger partial charge in [0.1, 0.15) is 0 Å². The van der Waals surface area contributed by atoms with Crippen LogP contribution in [0.15, 0.2) is 28.2 Å². The highest BCUT2D eigenvalue weighted by Gasteiger charge is 2.17.